The van der Waals surface area contributed by atoms with Crippen LogP contribution in [-0.2, 0) is 13.0 Å². The third-order valence-corrected chi connectivity index (χ3v) is 4.25. The maximum atomic E-state index is 12.0. The average molecular weight is 510 g/mol. The summed E-state index contributed by atoms with van der Waals surface area (Å²) in [5.41, 5.74) is 2.89. The third kappa shape index (κ3) is 7.92. The van der Waals surface area contributed by atoms with Crippen LogP contribution in [0.15, 0.2) is 53.5 Å². The van der Waals surface area contributed by atoms with Gasteiger partial charge in [0.05, 0.1) is 13.7 Å². The van der Waals surface area contributed by atoms with Gasteiger partial charge in [0, 0.05) is 32.7 Å². The van der Waals surface area contributed by atoms with E-state index in [0.717, 1.165) is 42.3 Å². The van der Waals surface area contributed by atoms with Gasteiger partial charge in [-0.1, -0.05) is 30.3 Å². The lowest BCUT2D eigenvalue weighted by Gasteiger charge is -2.13. The zero-order chi connectivity index (χ0) is 20.4. The number of hydrogen-bond acceptors (Lipinski definition) is 3. The second-order valence-corrected chi connectivity index (χ2v) is 6.58. The lowest BCUT2D eigenvalue weighted by Crippen LogP contribution is -2.38. The molecule has 2 aromatic rings. The van der Waals surface area contributed by atoms with Crippen LogP contribution in [0.4, 0.5) is 0 Å². The number of para-hydroxylation sites is 1. The molecule has 0 bridgehead atoms. The SMILES string of the molecule is CCNC(=NCc1ccc(C(=O)N(C)C)cc1)NCCc1ccccc1OC.I. The lowest BCUT2D eigenvalue weighted by atomic mass is 10.1. The van der Waals surface area contributed by atoms with Crippen LogP contribution in [0.25, 0.3) is 0 Å². The summed E-state index contributed by atoms with van der Waals surface area (Å²) < 4.78 is 5.40. The molecule has 2 aromatic carbocycles. The average Bonchev–Trinajstić information content (AvgIpc) is 2.72. The Morgan fingerprint density at radius 1 is 1.07 bits per heavy atom. The van der Waals surface area contributed by atoms with Gasteiger partial charge in [-0.3, -0.25) is 4.79 Å². The molecule has 0 atom stereocenters. The van der Waals surface area contributed by atoms with Crippen molar-refractivity contribution in [3.05, 3.63) is 65.2 Å². The van der Waals surface area contributed by atoms with Gasteiger partial charge in [-0.2, -0.15) is 0 Å². The molecule has 0 unspecified atom stereocenters. The molecular weight excluding hydrogens is 479 g/mol. The summed E-state index contributed by atoms with van der Waals surface area (Å²) >= 11 is 0. The first-order valence-corrected chi connectivity index (χ1v) is 9.49. The molecular formula is C22H31IN4O2. The maximum absolute atomic E-state index is 12.0. The Balaban J connectivity index is 0.00000420. The molecule has 0 saturated carbocycles. The molecule has 0 heterocycles. The number of nitrogens with one attached hydrogen (secondary N) is 2. The van der Waals surface area contributed by atoms with E-state index in [4.69, 9.17) is 4.74 Å². The highest BCUT2D eigenvalue weighted by Crippen LogP contribution is 2.17. The number of hydrogen-bond donors (Lipinski definition) is 2. The summed E-state index contributed by atoms with van der Waals surface area (Å²) in [5.74, 6) is 1.67. The fourth-order valence-electron chi connectivity index (χ4n) is 2.75. The normalized spacial score (nSPS) is 10.7. The first-order valence-electron chi connectivity index (χ1n) is 9.49. The zero-order valence-electron chi connectivity index (χ0n) is 17.6. The van der Waals surface area contributed by atoms with E-state index in [1.165, 1.54) is 0 Å². The highest BCUT2D eigenvalue weighted by molar-refractivity contribution is 14.0. The van der Waals surface area contributed by atoms with Crippen molar-refractivity contribution < 1.29 is 9.53 Å². The zero-order valence-corrected chi connectivity index (χ0v) is 19.9. The Morgan fingerprint density at radius 3 is 2.38 bits per heavy atom. The number of nitrogens with zero attached hydrogens (tertiary/aromatic N) is 2. The topological polar surface area (TPSA) is 66.0 Å². The number of methoxy groups -OCH3 is 1. The predicted octanol–water partition coefficient (Wildman–Crippen LogP) is 3.31. The minimum Gasteiger partial charge on any atom is -0.496 e. The Labute approximate surface area is 190 Å². The number of rotatable bonds is 8. The molecule has 6 nitrogen and oxygen atoms in total. The second-order valence-electron chi connectivity index (χ2n) is 6.58. The standard InChI is InChI=1S/C22H30N4O2.HI/c1-5-23-22(24-15-14-18-8-6-7-9-20(18)28-4)25-16-17-10-12-19(13-11-17)21(27)26(2)3;/h6-13H,5,14-16H2,1-4H3,(H2,23,24,25);1H. The van der Waals surface area contributed by atoms with Crippen LogP contribution in [0.3, 0.4) is 0 Å². The van der Waals surface area contributed by atoms with Crippen LogP contribution in [-0.4, -0.2) is 51.1 Å². The van der Waals surface area contributed by atoms with E-state index in [1.807, 2.05) is 49.4 Å². The van der Waals surface area contributed by atoms with E-state index in [-0.39, 0.29) is 29.9 Å². The Kier molecular flexibility index (Phi) is 11.1. The Hall–Kier alpha value is -2.29. The number of ether oxygens (including phenoxy) is 1. The van der Waals surface area contributed by atoms with Crippen LogP contribution in [0, 0.1) is 0 Å². The molecule has 0 spiro atoms. The van der Waals surface area contributed by atoms with E-state index >= 15 is 0 Å². The predicted molar refractivity (Wildman–Crippen MR) is 129 cm³/mol. The van der Waals surface area contributed by atoms with Gasteiger partial charge in [0.1, 0.15) is 5.75 Å². The maximum Gasteiger partial charge on any atom is 0.253 e. The van der Waals surface area contributed by atoms with Gasteiger partial charge in [-0.15, -0.1) is 24.0 Å². The van der Waals surface area contributed by atoms with Gasteiger partial charge in [0.25, 0.3) is 5.91 Å². The summed E-state index contributed by atoms with van der Waals surface area (Å²) in [6, 6.07) is 15.6. The second kappa shape index (κ2) is 13.0. The van der Waals surface area contributed by atoms with Gasteiger partial charge in [-0.05, 0) is 42.7 Å². The van der Waals surface area contributed by atoms with Crippen LogP contribution in [0.5, 0.6) is 5.75 Å². The number of carbonyl (C=O) groups excluding carboxylic acids is 1. The van der Waals surface area contributed by atoms with E-state index in [9.17, 15) is 4.79 Å². The van der Waals surface area contributed by atoms with Crippen molar-refractivity contribution in [1.82, 2.24) is 15.5 Å². The molecule has 29 heavy (non-hydrogen) atoms. The number of carbonyl (C=O) groups is 1. The molecule has 7 heteroatoms. The monoisotopic (exact) mass is 510 g/mol. The van der Waals surface area contributed by atoms with Crippen molar-refractivity contribution in [2.24, 2.45) is 4.99 Å². The van der Waals surface area contributed by atoms with E-state index in [2.05, 4.69) is 21.7 Å². The van der Waals surface area contributed by atoms with Crippen LogP contribution in [0.1, 0.15) is 28.4 Å². The molecule has 0 fully saturated rings. The van der Waals surface area contributed by atoms with Gasteiger partial charge in [0.15, 0.2) is 5.96 Å². The molecule has 158 valence electrons. The van der Waals surface area contributed by atoms with E-state index in [0.29, 0.717) is 12.1 Å². The van der Waals surface area contributed by atoms with Gasteiger partial charge in [0.2, 0.25) is 0 Å². The lowest BCUT2D eigenvalue weighted by molar-refractivity contribution is 0.0827. The largest absolute Gasteiger partial charge is 0.496 e. The molecule has 0 aromatic heterocycles. The first kappa shape index (κ1) is 24.7. The van der Waals surface area contributed by atoms with Crippen LogP contribution < -0.4 is 15.4 Å². The summed E-state index contributed by atoms with van der Waals surface area (Å²) in [5, 5.41) is 6.62. The minimum atomic E-state index is 0. The third-order valence-electron chi connectivity index (χ3n) is 4.25. The number of guanidine groups is 1. The van der Waals surface area contributed by atoms with Crippen LogP contribution >= 0.6 is 24.0 Å². The smallest absolute Gasteiger partial charge is 0.253 e. The summed E-state index contributed by atoms with van der Waals surface area (Å²) in [4.78, 5) is 18.2. The fraction of sp³-hybridized carbons (Fsp3) is 0.364. The Bertz CT molecular complexity index is 792. The Morgan fingerprint density at radius 2 is 1.76 bits per heavy atom. The van der Waals surface area contributed by atoms with Crippen molar-refractivity contribution in [2.75, 3.05) is 34.3 Å². The fourth-order valence-corrected chi connectivity index (χ4v) is 2.75. The summed E-state index contributed by atoms with van der Waals surface area (Å²) in [6.45, 7) is 4.12. The van der Waals surface area contributed by atoms with E-state index in [1.54, 1.807) is 26.1 Å². The van der Waals surface area contributed by atoms with Gasteiger partial charge < -0.3 is 20.3 Å². The molecule has 0 radical (unpaired) electrons. The summed E-state index contributed by atoms with van der Waals surface area (Å²) in [6.07, 6.45) is 0.843. The van der Waals surface area contributed by atoms with Crippen molar-refractivity contribution >= 4 is 35.8 Å². The molecule has 1 amide bonds. The highest BCUT2D eigenvalue weighted by Gasteiger charge is 2.07. The quantitative estimate of drug-likeness (QED) is 0.325. The molecule has 2 rings (SSSR count). The van der Waals surface area contributed by atoms with Crippen LogP contribution in [0.2, 0.25) is 0 Å². The van der Waals surface area contributed by atoms with Crippen molar-refractivity contribution in [3.8, 4) is 5.75 Å². The number of halogens is 1. The van der Waals surface area contributed by atoms with Gasteiger partial charge in [-0.25, -0.2) is 4.99 Å². The molecule has 2 N–H and O–H groups in total. The summed E-state index contributed by atoms with van der Waals surface area (Å²) in [7, 11) is 5.19. The molecule has 0 saturated heterocycles. The minimum absolute atomic E-state index is 0. The first-order chi connectivity index (χ1) is 13.5. The van der Waals surface area contributed by atoms with Gasteiger partial charge >= 0.3 is 0 Å². The van der Waals surface area contributed by atoms with Crippen molar-refractivity contribution in [3.63, 3.8) is 0 Å². The number of amides is 1. The molecule has 0 aliphatic carbocycles. The number of aliphatic imine (C=N–C) groups is 1. The highest BCUT2D eigenvalue weighted by atomic mass is 127. The van der Waals surface area contributed by atoms with Crippen molar-refractivity contribution in [2.45, 2.75) is 19.9 Å². The molecule has 0 aliphatic heterocycles. The van der Waals surface area contributed by atoms with Crippen molar-refractivity contribution in [1.29, 1.82) is 0 Å². The number of benzene rings is 2. The molecule has 0 aliphatic rings. The van der Waals surface area contributed by atoms with E-state index < -0.39 is 0 Å².